The number of anilines is 1. The summed E-state index contributed by atoms with van der Waals surface area (Å²) in [5.41, 5.74) is 4.41. The van der Waals surface area contributed by atoms with E-state index in [0.29, 0.717) is 0 Å². The second-order valence-corrected chi connectivity index (χ2v) is 8.37. The second-order valence-electron chi connectivity index (χ2n) is 6.74. The minimum absolute atomic E-state index is 0.0486. The Hall–Kier alpha value is -2.55. The summed E-state index contributed by atoms with van der Waals surface area (Å²) in [6, 6.07) is 7.74. The van der Waals surface area contributed by atoms with Crippen LogP contribution in [0.4, 0.5) is 5.69 Å². The first-order chi connectivity index (χ1) is 13.7. The number of ether oxygens (including phenoxy) is 1. The summed E-state index contributed by atoms with van der Waals surface area (Å²) in [6.07, 6.45) is 2.36. The molecule has 1 unspecified atom stereocenters. The molecular weight excluding hydrogens is 392 g/mol. The van der Waals surface area contributed by atoms with Crippen LogP contribution in [-0.2, 0) is 16.0 Å². The highest BCUT2D eigenvalue weighted by Gasteiger charge is 2.21. The van der Waals surface area contributed by atoms with Crippen LogP contribution in [-0.4, -0.2) is 27.5 Å². The molecule has 8 heteroatoms. The third kappa shape index (κ3) is 3.58. The zero-order chi connectivity index (χ0) is 18.9. The number of thiazole rings is 1. The smallest absolute Gasteiger partial charge is 0.230 e. The van der Waals surface area contributed by atoms with Crippen molar-refractivity contribution >= 4 is 45.3 Å². The molecule has 1 atom stereocenters. The van der Waals surface area contributed by atoms with Crippen molar-refractivity contribution < 1.29 is 9.53 Å². The highest BCUT2D eigenvalue weighted by Crippen LogP contribution is 2.29. The topological polar surface area (TPSA) is 79.9 Å². The molecule has 28 heavy (non-hydrogen) atoms. The number of thiophene rings is 1. The number of hydrogen-bond donors (Lipinski definition) is 2. The van der Waals surface area contributed by atoms with Crippen molar-refractivity contribution in [2.75, 3.05) is 11.9 Å². The van der Waals surface area contributed by atoms with Gasteiger partial charge in [-0.1, -0.05) is 0 Å². The van der Waals surface area contributed by atoms with Gasteiger partial charge in [-0.2, -0.15) is 11.3 Å². The van der Waals surface area contributed by atoms with Crippen molar-refractivity contribution in [2.24, 2.45) is 0 Å². The lowest BCUT2D eigenvalue weighted by Crippen LogP contribution is -2.14. The molecular formula is C20H18N4O2S2. The molecule has 6 nitrogen and oxygen atoms in total. The number of carbonyl (C=O) groups excluding carboxylic acids is 1. The van der Waals surface area contributed by atoms with Crippen LogP contribution in [0, 0.1) is 0 Å². The van der Waals surface area contributed by atoms with Crippen LogP contribution in [0.1, 0.15) is 30.5 Å². The minimum atomic E-state index is -0.0830. The molecule has 142 valence electrons. The summed E-state index contributed by atoms with van der Waals surface area (Å²) in [5.74, 6) is 0.778. The number of aromatic amines is 1. The van der Waals surface area contributed by atoms with E-state index < -0.39 is 0 Å². The number of nitrogens with one attached hydrogen (secondary N) is 2. The van der Waals surface area contributed by atoms with Crippen LogP contribution in [0.2, 0.25) is 0 Å². The van der Waals surface area contributed by atoms with Crippen LogP contribution in [0.25, 0.3) is 21.6 Å². The maximum atomic E-state index is 12.4. The summed E-state index contributed by atoms with van der Waals surface area (Å²) in [6.45, 7) is 0.785. The van der Waals surface area contributed by atoms with Gasteiger partial charge in [0, 0.05) is 28.6 Å². The Labute approximate surface area is 169 Å². The number of rotatable bonds is 5. The Kier molecular flexibility index (Phi) is 4.67. The first-order valence-corrected chi connectivity index (χ1v) is 10.9. The molecule has 0 spiro atoms. The van der Waals surface area contributed by atoms with Gasteiger partial charge in [-0.05, 0) is 42.5 Å². The highest BCUT2D eigenvalue weighted by molar-refractivity contribution is 7.14. The maximum absolute atomic E-state index is 12.4. The lowest BCUT2D eigenvalue weighted by molar-refractivity contribution is -0.115. The Morgan fingerprint density at radius 3 is 3.07 bits per heavy atom. The zero-order valence-corrected chi connectivity index (χ0v) is 16.6. The molecule has 1 fully saturated rings. The Morgan fingerprint density at radius 1 is 1.29 bits per heavy atom. The largest absolute Gasteiger partial charge is 0.370 e. The van der Waals surface area contributed by atoms with Crippen molar-refractivity contribution in [3.63, 3.8) is 0 Å². The fourth-order valence-corrected chi connectivity index (χ4v) is 4.86. The van der Waals surface area contributed by atoms with Gasteiger partial charge in [-0.25, -0.2) is 9.97 Å². The summed E-state index contributed by atoms with van der Waals surface area (Å²) in [4.78, 5) is 24.9. The molecule has 1 amide bonds. The maximum Gasteiger partial charge on any atom is 0.230 e. The molecule has 0 saturated carbocycles. The lowest BCUT2D eigenvalue weighted by Gasteiger charge is -2.04. The first-order valence-electron chi connectivity index (χ1n) is 9.13. The van der Waals surface area contributed by atoms with E-state index in [1.807, 2.05) is 35.0 Å². The lowest BCUT2D eigenvalue weighted by atomic mass is 10.2. The quantitative estimate of drug-likeness (QED) is 0.496. The number of H-pyrrole nitrogens is 1. The molecule has 0 radical (unpaired) electrons. The van der Waals surface area contributed by atoms with E-state index in [-0.39, 0.29) is 18.4 Å². The number of imidazole rings is 1. The van der Waals surface area contributed by atoms with Gasteiger partial charge in [-0.15, -0.1) is 11.3 Å². The SMILES string of the molecule is O=C(Cc1csc(-c2ccsc2)n1)Nc1ccc2nc(C3CCCO3)[nH]c2c1. The molecule has 4 aromatic rings. The Bertz CT molecular complexity index is 1110. The number of benzene rings is 1. The van der Waals surface area contributed by atoms with Crippen molar-refractivity contribution in [3.05, 3.63) is 51.9 Å². The summed E-state index contributed by atoms with van der Waals surface area (Å²) < 4.78 is 5.69. The van der Waals surface area contributed by atoms with E-state index >= 15 is 0 Å². The first kappa shape index (κ1) is 17.5. The van der Waals surface area contributed by atoms with Gasteiger partial charge in [0.1, 0.15) is 16.9 Å². The molecule has 1 aromatic carbocycles. The standard InChI is InChI=1S/C20H18N4O2S2/c25-18(9-14-11-28-20(22-14)12-5-7-27-10-12)21-13-3-4-15-16(8-13)24-19(23-15)17-2-1-6-26-17/h3-5,7-8,10-11,17H,1-2,6,9H2,(H,21,25)(H,23,24). The van der Waals surface area contributed by atoms with Gasteiger partial charge in [-0.3, -0.25) is 4.79 Å². The third-order valence-electron chi connectivity index (χ3n) is 4.68. The average Bonchev–Trinajstić information content (AvgIpc) is 3.46. The molecule has 0 bridgehead atoms. The van der Waals surface area contributed by atoms with E-state index in [2.05, 4.69) is 25.6 Å². The van der Waals surface area contributed by atoms with Crippen LogP contribution in [0.5, 0.6) is 0 Å². The van der Waals surface area contributed by atoms with Gasteiger partial charge in [0.15, 0.2) is 0 Å². The van der Waals surface area contributed by atoms with E-state index in [4.69, 9.17) is 4.74 Å². The average molecular weight is 411 g/mol. The van der Waals surface area contributed by atoms with E-state index in [1.54, 1.807) is 22.7 Å². The van der Waals surface area contributed by atoms with E-state index in [9.17, 15) is 4.79 Å². The normalized spacial score (nSPS) is 16.6. The molecule has 3 aromatic heterocycles. The third-order valence-corrected chi connectivity index (χ3v) is 6.30. The highest BCUT2D eigenvalue weighted by atomic mass is 32.1. The van der Waals surface area contributed by atoms with Crippen molar-refractivity contribution in [1.29, 1.82) is 0 Å². The van der Waals surface area contributed by atoms with Gasteiger partial charge < -0.3 is 15.0 Å². The van der Waals surface area contributed by atoms with Crippen molar-refractivity contribution in [2.45, 2.75) is 25.4 Å². The summed E-state index contributed by atoms with van der Waals surface area (Å²) >= 11 is 3.20. The number of amides is 1. The predicted octanol–water partition coefficient (Wildman–Crippen LogP) is 4.78. The van der Waals surface area contributed by atoms with Crippen LogP contribution in [0.15, 0.2) is 40.4 Å². The molecule has 1 aliphatic rings. The predicted molar refractivity (Wildman–Crippen MR) is 112 cm³/mol. The number of aromatic nitrogens is 3. The van der Waals surface area contributed by atoms with Gasteiger partial charge >= 0.3 is 0 Å². The Balaban J connectivity index is 1.27. The minimum Gasteiger partial charge on any atom is -0.370 e. The number of carbonyl (C=O) groups is 1. The Morgan fingerprint density at radius 2 is 2.25 bits per heavy atom. The number of nitrogens with zero attached hydrogens (tertiary/aromatic N) is 2. The summed E-state index contributed by atoms with van der Waals surface area (Å²) in [7, 11) is 0. The van der Waals surface area contributed by atoms with Gasteiger partial charge in [0.05, 0.1) is 23.1 Å². The van der Waals surface area contributed by atoms with E-state index in [0.717, 1.165) is 58.3 Å². The van der Waals surface area contributed by atoms with Crippen molar-refractivity contribution in [1.82, 2.24) is 15.0 Å². The monoisotopic (exact) mass is 410 g/mol. The molecule has 1 saturated heterocycles. The van der Waals surface area contributed by atoms with Crippen LogP contribution >= 0.6 is 22.7 Å². The second kappa shape index (κ2) is 7.46. The zero-order valence-electron chi connectivity index (χ0n) is 15.0. The van der Waals surface area contributed by atoms with Crippen LogP contribution < -0.4 is 5.32 Å². The molecule has 5 rings (SSSR count). The fourth-order valence-electron chi connectivity index (χ4n) is 3.33. The van der Waals surface area contributed by atoms with Crippen LogP contribution in [0.3, 0.4) is 0 Å². The van der Waals surface area contributed by atoms with Gasteiger partial charge in [0.2, 0.25) is 5.91 Å². The summed E-state index contributed by atoms with van der Waals surface area (Å²) in [5, 5.41) is 9.94. The van der Waals surface area contributed by atoms with Crippen molar-refractivity contribution in [3.8, 4) is 10.6 Å². The fraction of sp³-hybridized carbons (Fsp3) is 0.250. The molecule has 4 heterocycles. The van der Waals surface area contributed by atoms with Gasteiger partial charge in [0.25, 0.3) is 0 Å². The number of fused-ring (bicyclic) bond motifs is 1. The molecule has 1 aliphatic heterocycles. The molecule has 2 N–H and O–H groups in total. The molecule has 0 aliphatic carbocycles. The number of hydrogen-bond acceptors (Lipinski definition) is 6. The van der Waals surface area contributed by atoms with E-state index in [1.165, 1.54) is 0 Å².